The van der Waals surface area contributed by atoms with Crippen molar-refractivity contribution >= 4 is 17.7 Å². The van der Waals surface area contributed by atoms with E-state index in [-0.39, 0.29) is 17.7 Å². The molecule has 1 atom stereocenters. The number of thioether (sulfide) groups is 1. The lowest BCUT2D eigenvalue weighted by molar-refractivity contribution is -0.274. The molecule has 1 aromatic carbocycles. The highest BCUT2D eigenvalue weighted by Gasteiger charge is 2.36. The summed E-state index contributed by atoms with van der Waals surface area (Å²) in [6, 6.07) is 4.51. The van der Waals surface area contributed by atoms with E-state index in [0.29, 0.717) is 42.6 Å². The van der Waals surface area contributed by atoms with Crippen LogP contribution in [0.5, 0.6) is 5.75 Å². The number of halogens is 3. The molecule has 5 heterocycles. The Labute approximate surface area is 235 Å². The number of piperidine rings is 1. The van der Waals surface area contributed by atoms with Crippen LogP contribution < -0.4 is 4.74 Å². The van der Waals surface area contributed by atoms with Crippen molar-refractivity contribution in [2.24, 2.45) is 0 Å². The van der Waals surface area contributed by atoms with Gasteiger partial charge in [0.05, 0.1) is 38.2 Å². The van der Waals surface area contributed by atoms with Gasteiger partial charge in [-0.05, 0) is 37.6 Å². The van der Waals surface area contributed by atoms with Gasteiger partial charge in [-0.25, -0.2) is 0 Å². The van der Waals surface area contributed by atoms with E-state index in [9.17, 15) is 18.0 Å². The Bertz CT molecular complexity index is 1210. The summed E-state index contributed by atoms with van der Waals surface area (Å²) >= 11 is 1.41. The number of fused-ring (bicyclic) bond motifs is 3. The van der Waals surface area contributed by atoms with Crippen molar-refractivity contribution in [2.75, 3.05) is 78.8 Å². The second kappa shape index (κ2) is 11.9. The molecule has 2 aromatic rings. The van der Waals surface area contributed by atoms with Gasteiger partial charge in [0.15, 0.2) is 5.69 Å². The van der Waals surface area contributed by atoms with Crippen LogP contribution in [0.2, 0.25) is 0 Å². The first-order valence-corrected chi connectivity index (χ1v) is 14.9. The summed E-state index contributed by atoms with van der Waals surface area (Å²) in [6.45, 7) is 9.21. The van der Waals surface area contributed by atoms with Gasteiger partial charge in [-0.2, -0.15) is 5.10 Å². The molecule has 0 saturated carbocycles. The van der Waals surface area contributed by atoms with Crippen LogP contribution in [0.4, 0.5) is 13.2 Å². The molecule has 9 nitrogen and oxygen atoms in total. The van der Waals surface area contributed by atoms with Gasteiger partial charge >= 0.3 is 6.36 Å². The van der Waals surface area contributed by atoms with E-state index in [2.05, 4.69) is 14.5 Å². The first-order valence-electron chi connectivity index (χ1n) is 13.9. The summed E-state index contributed by atoms with van der Waals surface area (Å²) in [7, 11) is 0. The molecule has 0 spiro atoms. The molecule has 4 aliphatic rings. The topological polar surface area (TPSA) is 72.3 Å². The molecule has 0 N–H and O–H groups in total. The highest BCUT2D eigenvalue weighted by Crippen LogP contribution is 2.46. The second-order valence-electron chi connectivity index (χ2n) is 10.6. The van der Waals surface area contributed by atoms with Crippen LogP contribution in [-0.4, -0.2) is 116 Å². The average molecular weight is 582 g/mol. The minimum absolute atomic E-state index is 0.0560. The predicted octanol–water partition coefficient (Wildman–Crippen LogP) is 3.50. The van der Waals surface area contributed by atoms with E-state index < -0.39 is 6.36 Å². The van der Waals surface area contributed by atoms with Gasteiger partial charge in [-0.1, -0.05) is 0 Å². The highest BCUT2D eigenvalue weighted by molar-refractivity contribution is 7.98. The van der Waals surface area contributed by atoms with Crippen molar-refractivity contribution in [3.63, 3.8) is 0 Å². The maximum absolute atomic E-state index is 13.6. The molecule has 0 bridgehead atoms. The summed E-state index contributed by atoms with van der Waals surface area (Å²) in [5, 5.41) is 4.96. The van der Waals surface area contributed by atoms with Gasteiger partial charge in [-0.15, -0.1) is 24.9 Å². The van der Waals surface area contributed by atoms with Crippen molar-refractivity contribution in [2.45, 2.75) is 35.9 Å². The fourth-order valence-electron chi connectivity index (χ4n) is 5.95. The summed E-state index contributed by atoms with van der Waals surface area (Å²) in [5.41, 5.74) is 2.92. The number of benzene rings is 1. The molecule has 0 aliphatic carbocycles. The van der Waals surface area contributed by atoms with Gasteiger partial charge < -0.3 is 19.1 Å². The van der Waals surface area contributed by atoms with Gasteiger partial charge in [0, 0.05) is 67.6 Å². The lowest BCUT2D eigenvalue weighted by atomic mass is 10.0. The number of morpholine rings is 2. The molecule has 0 radical (unpaired) electrons. The Balaban J connectivity index is 1.30. The molecule has 13 heteroatoms. The Morgan fingerprint density at radius 3 is 2.50 bits per heavy atom. The predicted molar refractivity (Wildman–Crippen MR) is 143 cm³/mol. The van der Waals surface area contributed by atoms with E-state index >= 15 is 0 Å². The Morgan fingerprint density at radius 1 is 1.02 bits per heavy atom. The van der Waals surface area contributed by atoms with Crippen molar-refractivity contribution in [1.82, 2.24) is 24.5 Å². The summed E-state index contributed by atoms with van der Waals surface area (Å²) in [4.78, 5) is 21.0. The van der Waals surface area contributed by atoms with Gasteiger partial charge in [0.2, 0.25) is 0 Å². The summed E-state index contributed by atoms with van der Waals surface area (Å²) < 4.78 is 55.8. The van der Waals surface area contributed by atoms with Crippen LogP contribution >= 0.6 is 11.8 Å². The largest absolute Gasteiger partial charge is 0.573 e. The third-order valence-corrected chi connectivity index (χ3v) is 9.07. The number of aromatic nitrogens is 2. The molecular formula is C27H34F3N5O4S. The van der Waals surface area contributed by atoms with Gasteiger partial charge in [0.25, 0.3) is 5.91 Å². The number of carbonyl (C=O) groups excluding carboxylic acids is 1. The van der Waals surface area contributed by atoms with Gasteiger partial charge in [0.1, 0.15) is 5.75 Å². The number of hydrogen-bond donors (Lipinski definition) is 0. The molecule has 1 aromatic heterocycles. The molecule has 40 heavy (non-hydrogen) atoms. The number of carbonyl (C=O) groups is 1. The number of likely N-dealkylation sites (tertiary alicyclic amines) is 1. The summed E-state index contributed by atoms with van der Waals surface area (Å²) in [6.07, 6.45) is -2.83. The molecule has 1 amide bonds. The van der Waals surface area contributed by atoms with E-state index in [1.165, 1.54) is 23.9 Å². The normalized spacial score (nSPS) is 22.6. The third kappa shape index (κ3) is 6.13. The molecule has 3 saturated heterocycles. The fourth-order valence-corrected chi connectivity index (χ4v) is 7.04. The number of ether oxygens (including phenoxy) is 3. The van der Waals surface area contributed by atoms with E-state index in [1.807, 2.05) is 4.68 Å². The van der Waals surface area contributed by atoms with Crippen LogP contribution in [0.25, 0.3) is 11.3 Å². The van der Waals surface area contributed by atoms with E-state index in [0.717, 1.165) is 82.1 Å². The quantitative estimate of drug-likeness (QED) is 0.514. The molecular weight excluding hydrogens is 547 g/mol. The maximum atomic E-state index is 13.6. The number of amides is 1. The molecule has 6 rings (SSSR count). The second-order valence-corrected chi connectivity index (χ2v) is 11.6. The Kier molecular flexibility index (Phi) is 8.27. The SMILES string of the molecule is O=C(c1nn(C2CCCN(CCN3CCOCC3)C2)c2c1CSc1cc(OC(F)(F)F)ccc1-2)N1CCOCC1. The smallest absolute Gasteiger partial charge is 0.406 e. The van der Waals surface area contributed by atoms with E-state index in [1.54, 1.807) is 11.0 Å². The van der Waals surface area contributed by atoms with Crippen molar-refractivity contribution in [1.29, 1.82) is 0 Å². The number of hydrogen-bond acceptors (Lipinski definition) is 8. The molecule has 3 fully saturated rings. The van der Waals surface area contributed by atoms with Crippen LogP contribution in [-0.2, 0) is 15.2 Å². The monoisotopic (exact) mass is 581 g/mol. The van der Waals surface area contributed by atoms with Gasteiger partial charge in [-0.3, -0.25) is 19.3 Å². The Hall–Kier alpha value is -2.32. The zero-order valence-electron chi connectivity index (χ0n) is 22.3. The minimum Gasteiger partial charge on any atom is -0.406 e. The van der Waals surface area contributed by atoms with Crippen LogP contribution in [0.15, 0.2) is 23.1 Å². The third-order valence-electron chi connectivity index (χ3n) is 7.99. The first-order chi connectivity index (χ1) is 19.4. The molecule has 218 valence electrons. The Morgan fingerprint density at radius 2 is 1.75 bits per heavy atom. The van der Waals surface area contributed by atoms with Crippen molar-refractivity contribution in [3.05, 3.63) is 29.5 Å². The van der Waals surface area contributed by atoms with Crippen LogP contribution in [0.3, 0.4) is 0 Å². The van der Waals surface area contributed by atoms with Crippen molar-refractivity contribution < 1.29 is 32.2 Å². The van der Waals surface area contributed by atoms with Crippen molar-refractivity contribution in [3.8, 4) is 17.0 Å². The highest BCUT2D eigenvalue weighted by atomic mass is 32.2. The molecule has 4 aliphatic heterocycles. The number of rotatable bonds is 6. The number of nitrogens with zero attached hydrogens (tertiary/aromatic N) is 5. The lowest BCUT2D eigenvalue weighted by Gasteiger charge is -2.36. The zero-order chi connectivity index (χ0) is 27.7. The summed E-state index contributed by atoms with van der Waals surface area (Å²) in [5.74, 6) is 0.0978. The zero-order valence-corrected chi connectivity index (χ0v) is 23.1. The maximum Gasteiger partial charge on any atom is 0.573 e. The minimum atomic E-state index is -4.76. The standard InChI is InChI=1S/C27H34F3N5O4S/c28-27(29,30)39-20-3-4-21-23(16-20)40-18-22-24(26(36)34-10-14-38-15-11-34)31-35(25(21)22)19-2-1-5-33(17-19)7-6-32-8-12-37-13-9-32/h3-4,16,19H,1-2,5-15,17-18H2. The van der Waals surface area contributed by atoms with E-state index in [4.69, 9.17) is 14.6 Å². The molecule has 1 unspecified atom stereocenters. The lowest BCUT2D eigenvalue weighted by Crippen LogP contribution is -2.44. The number of alkyl halides is 3. The first kappa shape index (κ1) is 27.8. The van der Waals surface area contributed by atoms with Crippen LogP contribution in [0.1, 0.15) is 34.9 Å². The van der Waals surface area contributed by atoms with Crippen LogP contribution in [0, 0.1) is 0 Å². The fraction of sp³-hybridized carbons (Fsp3) is 0.630. The average Bonchev–Trinajstić information content (AvgIpc) is 3.36.